The summed E-state index contributed by atoms with van der Waals surface area (Å²) < 4.78 is 10.4. The average Bonchev–Trinajstić information content (AvgIpc) is 2.66. The molecule has 2 rings (SSSR count). The van der Waals surface area contributed by atoms with Crippen molar-refractivity contribution in [3.05, 3.63) is 84.4 Å². The van der Waals surface area contributed by atoms with Crippen LogP contribution in [-0.4, -0.2) is 18.1 Å². The predicted molar refractivity (Wildman–Crippen MR) is 94.6 cm³/mol. The van der Waals surface area contributed by atoms with E-state index in [0.717, 1.165) is 11.1 Å². The highest BCUT2D eigenvalue weighted by Gasteiger charge is 2.21. The van der Waals surface area contributed by atoms with E-state index in [9.17, 15) is 9.59 Å². The summed E-state index contributed by atoms with van der Waals surface area (Å²) in [6.07, 6.45) is 1.13. The number of amides is 1. The van der Waals surface area contributed by atoms with Gasteiger partial charge in [-0.15, -0.1) is 6.58 Å². The van der Waals surface area contributed by atoms with Gasteiger partial charge in [-0.25, -0.2) is 9.59 Å². The Kier molecular flexibility index (Phi) is 7.25. The molecule has 0 fully saturated rings. The Bertz CT molecular complexity index is 685. The Labute approximate surface area is 147 Å². The Morgan fingerprint density at radius 3 is 1.96 bits per heavy atom. The maximum Gasteiger partial charge on any atom is 0.408 e. The Balaban J connectivity index is 1.82. The van der Waals surface area contributed by atoms with Crippen LogP contribution in [0.5, 0.6) is 0 Å². The fourth-order valence-corrected chi connectivity index (χ4v) is 2.12. The van der Waals surface area contributed by atoms with Crippen LogP contribution in [0, 0.1) is 0 Å². The third-order valence-electron chi connectivity index (χ3n) is 3.42. The van der Waals surface area contributed by atoms with Crippen molar-refractivity contribution in [2.75, 3.05) is 0 Å². The lowest BCUT2D eigenvalue weighted by Crippen LogP contribution is -2.41. The van der Waals surface area contributed by atoms with Gasteiger partial charge in [0, 0.05) is 0 Å². The normalized spacial score (nSPS) is 11.2. The molecule has 0 radical (unpaired) electrons. The number of carbonyl (C=O) groups excluding carboxylic acids is 2. The van der Waals surface area contributed by atoms with E-state index in [-0.39, 0.29) is 19.6 Å². The van der Waals surface area contributed by atoms with Crippen molar-refractivity contribution in [2.24, 2.45) is 0 Å². The molecule has 0 saturated heterocycles. The summed E-state index contributed by atoms with van der Waals surface area (Å²) in [7, 11) is 0. The van der Waals surface area contributed by atoms with Crippen LogP contribution in [0.1, 0.15) is 17.5 Å². The zero-order chi connectivity index (χ0) is 17.9. The first-order valence-corrected chi connectivity index (χ1v) is 7.97. The highest BCUT2D eigenvalue weighted by atomic mass is 16.6. The van der Waals surface area contributed by atoms with Crippen LogP contribution in [0.15, 0.2) is 73.3 Å². The fraction of sp³-hybridized carbons (Fsp3) is 0.200. The lowest BCUT2D eigenvalue weighted by molar-refractivity contribution is -0.147. The summed E-state index contributed by atoms with van der Waals surface area (Å²) >= 11 is 0. The minimum Gasteiger partial charge on any atom is -0.459 e. The molecule has 1 N–H and O–H groups in total. The summed E-state index contributed by atoms with van der Waals surface area (Å²) in [5.41, 5.74) is 1.74. The number of hydrogen-bond acceptors (Lipinski definition) is 4. The third-order valence-corrected chi connectivity index (χ3v) is 3.42. The minimum atomic E-state index is -0.829. The summed E-state index contributed by atoms with van der Waals surface area (Å²) in [6.45, 7) is 3.88. The van der Waals surface area contributed by atoms with E-state index in [1.807, 2.05) is 60.7 Å². The molecule has 0 saturated carbocycles. The summed E-state index contributed by atoms with van der Waals surface area (Å²) in [4.78, 5) is 24.1. The van der Waals surface area contributed by atoms with Crippen molar-refractivity contribution >= 4 is 12.1 Å². The molecule has 5 nitrogen and oxygen atoms in total. The van der Waals surface area contributed by atoms with E-state index in [2.05, 4.69) is 11.9 Å². The van der Waals surface area contributed by atoms with E-state index in [1.165, 1.54) is 0 Å². The van der Waals surface area contributed by atoms with Crippen LogP contribution < -0.4 is 5.32 Å². The van der Waals surface area contributed by atoms with Crippen LogP contribution in [-0.2, 0) is 27.5 Å². The molecule has 130 valence electrons. The summed E-state index contributed by atoms with van der Waals surface area (Å²) in [5, 5.41) is 2.52. The number of rotatable bonds is 8. The van der Waals surface area contributed by atoms with Crippen molar-refractivity contribution in [3.8, 4) is 0 Å². The molecule has 0 aliphatic heterocycles. The second-order valence-corrected chi connectivity index (χ2v) is 5.38. The van der Waals surface area contributed by atoms with Crippen molar-refractivity contribution in [1.29, 1.82) is 0 Å². The van der Waals surface area contributed by atoms with Gasteiger partial charge in [0.2, 0.25) is 0 Å². The fourth-order valence-electron chi connectivity index (χ4n) is 2.12. The lowest BCUT2D eigenvalue weighted by atomic mass is 10.2. The van der Waals surface area contributed by atoms with Crippen molar-refractivity contribution in [2.45, 2.75) is 25.7 Å². The summed E-state index contributed by atoms with van der Waals surface area (Å²) in [6, 6.07) is 17.8. The molecule has 0 aliphatic carbocycles. The zero-order valence-corrected chi connectivity index (χ0v) is 13.9. The van der Waals surface area contributed by atoms with E-state index in [0.29, 0.717) is 0 Å². The van der Waals surface area contributed by atoms with Gasteiger partial charge in [-0.1, -0.05) is 66.7 Å². The first kappa shape index (κ1) is 18.3. The van der Waals surface area contributed by atoms with E-state index < -0.39 is 18.1 Å². The second kappa shape index (κ2) is 9.93. The molecule has 2 aromatic carbocycles. The van der Waals surface area contributed by atoms with Crippen molar-refractivity contribution in [1.82, 2.24) is 5.32 Å². The van der Waals surface area contributed by atoms with Crippen molar-refractivity contribution in [3.63, 3.8) is 0 Å². The highest BCUT2D eigenvalue weighted by Crippen LogP contribution is 2.05. The topological polar surface area (TPSA) is 64.6 Å². The molecule has 0 unspecified atom stereocenters. The molecule has 0 spiro atoms. The molecule has 2 aromatic rings. The molecule has 25 heavy (non-hydrogen) atoms. The minimum absolute atomic E-state index is 0.131. The number of nitrogens with one attached hydrogen (secondary N) is 1. The maximum atomic E-state index is 12.2. The SMILES string of the molecule is C=CC[C@@H](NC(=O)OCc1ccccc1)C(=O)OCc1ccccc1. The first-order chi connectivity index (χ1) is 12.2. The molecule has 0 aliphatic rings. The van der Waals surface area contributed by atoms with Gasteiger partial charge in [0.25, 0.3) is 0 Å². The molecule has 1 amide bonds. The molecular weight excluding hydrogens is 318 g/mol. The van der Waals surface area contributed by atoms with Gasteiger partial charge in [0.1, 0.15) is 19.3 Å². The Morgan fingerprint density at radius 1 is 0.920 bits per heavy atom. The number of benzene rings is 2. The zero-order valence-electron chi connectivity index (χ0n) is 13.9. The first-order valence-electron chi connectivity index (χ1n) is 7.97. The average molecular weight is 339 g/mol. The van der Waals surface area contributed by atoms with Gasteiger partial charge >= 0.3 is 12.1 Å². The molecular formula is C20H21NO4. The predicted octanol–water partition coefficient (Wildman–Crippen LogP) is 3.60. The van der Waals surface area contributed by atoms with E-state index in [4.69, 9.17) is 9.47 Å². The Hall–Kier alpha value is -3.08. The second-order valence-electron chi connectivity index (χ2n) is 5.38. The number of hydrogen-bond donors (Lipinski definition) is 1. The summed E-state index contributed by atoms with van der Waals surface area (Å²) in [5.74, 6) is -0.527. The number of esters is 1. The standard InChI is InChI=1S/C20H21NO4/c1-2-9-18(19(22)24-14-16-10-5-3-6-11-16)21-20(23)25-15-17-12-7-4-8-13-17/h2-8,10-13,18H,1,9,14-15H2,(H,21,23)/t18-/m1/s1. The van der Waals surface area contributed by atoms with Gasteiger partial charge < -0.3 is 14.8 Å². The number of carbonyl (C=O) groups is 2. The van der Waals surface area contributed by atoms with E-state index >= 15 is 0 Å². The Morgan fingerprint density at radius 2 is 1.44 bits per heavy atom. The molecule has 0 aromatic heterocycles. The van der Waals surface area contributed by atoms with Gasteiger partial charge in [-0.2, -0.15) is 0 Å². The largest absolute Gasteiger partial charge is 0.459 e. The van der Waals surface area contributed by atoms with Gasteiger partial charge in [-0.05, 0) is 17.5 Å². The number of alkyl carbamates (subject to hydrolysis) is 1. The highest BCUT2D eigenvalue weighted by molar-refractivity contribution is 5.81. The third kappa shape index (κ3) is 6.51. The van der Waals surface area contributed by atoms with Gasteiger partial charge in [0.15, 0.2) is 0 Å². The van der Waals surface area contributed by atoms with Crippen LogP contribution in [0.25, 0.3) is 0 Å². The smallest absolute Gasteiger partial charge is 0.408 e. The van der Waals surface area contributed by atoms with Crippen LogP contribution in [0.2, 0.25) is 0 Å². The molecule has 1 atom stereocenters. The van der Waals surface area contributed by atoms with Crippen molar-refractivity contribution < 1.29 is 19.1 Å². The van der Waals surface area contributed by atoms with Gasteiger partial charge in [-0.3, -0.25) is 0 Å². The van der Waals surface area contributed by atoms with E-state index in [1.54, 1.807) is 6.08 Å². The maximum absolute atomic E-state index is 12.2. The molecule has 0 heterocycles. The molecule has 5 heteroatoms. The van der Waals surface area contributed by atoms with Crippen LogP contribution in [0.4, 0.5) is 4.79 Å². The monoisotopic (exact) mass is 339 g/mol. The van der Waals surface area contributed by atoms with Crippen LogP contribution >= 0.6 is 0 Å². The van der Waals surface area contributed by atoms with Gasteiger partial charge in [0.05, 0.1) is 0 Å². The quantitative estimate of drug-likeness (QED) is 0.589. The lowest BCUT2D eigenvalue weighted by Gasteiger charge is -2.16. The van der Waals surface area contributed by atoms with Crippen LogP contribution in [0.3, 0.4) is 0 Å². The molecule has 0 bridgehead atoms. The number of ether oxygens (including phenoxy) is 2.